The normalized spacial score (nSPS) is 16.0. The molecule has 1 heterocycles. The average Bonchev–Trinajstić information content (AvgIpc) is 3.25. The van der Waals surface area contributed by atoms with E-state index in [-0.39, 0.29) is 36.4 Å². The number of carbonyl (C=O) groups excluding carboxylic acids is 2. The predicted octanol–water partition coefficient (Wildman–Crippen LogP) is 1.85. The van der Waals surface area contributed by atoms with Crippen molar-refractivity contribution in [1.29, 1.82) is 0 Å². The largest absolute Gasteiger partial charge is 0.368 e. The molecule has 0 aromatic heterocycles. The van der Waals surface area contributed by atoms with Crippen LogP contribution in [-0.2, 0) is 17.9 Å². The Morgan fingerprint density at radius 2 is 1.76 bits per heavy atom. The molecule has 1 unspecified atom stereocenters. The minimum Gasteiger partial charge on any atom is -0.368 e. The molecule has 0 radical (unpaired) electrons. The molecule has 178 valence electrons. The fraction of sp³-hybridized carbons (Fsp3) is 0.375. The van der Waals surface area contributed by atoms with Gasteiger partial charge in [-0.25, -0.2) is 0 Å². The molecule has 0 bridgehead atoms. The van der Waals surface area contributed by atoms with Crippen molar-refractivity contribution < 1.29 is 9.59 Å². The van der Waals surface area contributed by atoms with Gasteiger partial charge in [-0.1, -0.05) is 42.5 Å². The molecule has 2 amide bonds. The highest BCUT2D eigenvalue weighted by molar-refractivity contribution is 14.0. The van der Waals surface area contributed by atoms with Gasteiger partial charge in [0, 0.05) is 38.3 Å². The highest BCUT2D eigenvalue weighted by atomic mass is 127. The van der Waals surface area contributed by atoms with Crippen molar-refractivity contribution in [2.24, 2.45) is 10.7 Å². The lowest BCUT2D eigenvalue weighted by molar-refractivity contribution is -0.117. The number of primary amides is 1. The first kappa shape index (κ1) is 26.6. The van der Waals surface area contributed by atoms with E-state index in [2.05, 4.69) is 56.2 Å². The number of hydrogen-bond donors (Lipinski definition) is 4. The fourth-order valence-corrected chi connectivity index (χ4v) is 3.82. The maximum absolute atomic E-state index is 12.0. The number of nitrogens with two attached hydrogens (primary N) is 1. The van der Waals surface area contributed by atoms with E-state index < -0.39 is 5.91 Å². The first-order chi connectivity index (χ1) is 15.5. The van der Waals surface area contributed by atoms with Gasteiger partial charge in [0.25, 0.3) is 5.91 Å². The zero-order chi connectivity index (χ0) is 22.8. The minimum absolute atomic E-state index is 0. The Bertz CT molecular complexity index is 920. The van der Waals surface area contributed by atoms with Crippen LogP contribution in [0.5, 0.6) is 0 Å². The molecule has 1 aliphatic heterocycles. The number of nitrogens with one attached hydrogen (secondary N) is 3. The number of rotatable bonds is 9. The number of halogens is 1. The Balaban J connectivity index is 0.00000385. The SMILES string of the molecule is CN=C(NCc1ccc(C(=O)NCC(N)=O)cc1)NCC1CCCN1Cc1ccccc1.I. The Morgan fingerprint density at radius 3 is 2.42 bits per heavy atom. The molecule has 2 aromatic rings. The molecule has 1 aliphatic rings. The lowest BCUT2D eigenvalue weighted by Gasteiger charge is -2.25. The minimum atomic E-state index is -0.571. The van der Waals surface area contributed by atoms with Gasteiger partial charge >= 0.3 is 0 Å². The van der Waals surface area contributed by atoms with Gasteiger partial charge < -0.3 is 21.7 Å². The van der Waals surface area contributed by atoms with E-state index >= 15 is 0 Å². The van der Waals surface area contributed by atoms with Gasteiger partial charge in [0.05, 0.1) is 6.54 Å². The Hall–Kier alpha value is -2.66. The molecule has 9 heteroatoms. The third-order valence-corrected chi connectivity index (χ3v) is 5.56. The van der Waals surface area contributed by atoms with Crippen LogP contribution < -0.4 is 21.7 Å². The van der Waals surface area contributed by atoms with E-state index in [1.807, 2.05) is 12.1 Å². The zero-order valence-corrected chi connectivity index (χ0v) is 21.3. The van der Waals surface area contributed by atoms with E-state index in [4.69, 9.17) is 5.73 Å². The zero-order valence-electron chi connectivity index (χ0n) is 18.9. The summed E-state index contributed by atoms with van der Waals surface area (Å²) in [4.78, 5) is 29.6. The molecule has 5 N–H and O–H groups in total. The van der Waals surface area contributed by atoms with E-state index in [1.54, 1.807) is 19.2 Å². The van der Waals surface area contributed by atoms with Crippen LogP contribution in [0.25, 0.3) is 0 Å². The quantitative estimate of drug-likeness (QED) is 0.211. The molecule has 1 fully saturated rings. The Labute approximate surface area is 212 Å². The number of guanidine groups is 1. The maximum Gasteiger partial charge on any atom is 0.251 e. The number of carbonyl (C=O) groups is 2. The molecule has 0 spiro atoms. The number of benzene rings is 2. The summed E-state index contributed by atoms with van der Waals surface area (Å²) in [5, 5.41) is 9.24. The first-order valence-electron chi connectivity index (χ1n) is 10.9. The summed E-state index contributed by atoms with van der Waals surface area (Å²) in [5.74, 6) is -0.143. The predicted molar refractivity (Wildman–Crippen MR) is 141 cm³/mol. The molecule has 1 atom stereocenters. The molecule has 2 aromatic carbocycles. The van der Waals surface area contributed by atoms with Gasteiger partial charge in [0.1, 0.15) is 0 Å². The summed E-state index contributed by atoms with van der Waals surface area (Å²) in [6.45, 7) is 3.34. The van der Waals surface area contributed by atoms with E-state index in [0.29, 0.717) is 18.2 Å². The van der Waals surface area contributed by atoms with Crippen molar-refractivity contribution in [2.75, 3.05) is 26.7 Å². The molecular weight excluding hydrogens is 531 g/mol. The van der Waals surface area contributed by atoms with Crippen LogP contribution in [0.2, 0.25) is 0 Å². The van der Waals surface area contributed by atoms with Crippen LogP contribution in [0.15, 0.2) is 59.6 Å². The first-order valence-corrected chi connectivity index (χ1v) is 10.9. The summed E-state index contributed by atoms with van der Waals surface area (Å²) in [7, 11) is 1.76. The Kier molecular flexibility index (Phi) is 11.1. The Morgan fingerprint density at radius 1 is 1.03 bits per heavy atom. The molecule has 3 rings (SSSR count). The fourth-order valence-electron chi connectivity index (χ4n) is 3.82. The van der Waals surface area contributed by atoms with Crippen molar-refractivity contribution in [3.05, 3.63) is 71.3 Å². The van der Waals surface area contributed by atoms with Crippen molar-refractivity contribution in [1.82, 2.24) is 20.9 Å². The van der Waals surface area contributed by atoms with Crippen molar-refractivity contribution >= 4 is 41.8 Å². The van der Waals surface area contributed by atoms with Crippen molar-refractivity contribution in [3.8, 4) is 0 Å². The smallest absolute Gasteiger partial charge is 0.251 e. The highest BCUT2D eigenvalue weighted by Gasteiger charge is 2.24. The van der Waals surface area contributed by atoms with Crippen molar-refractivity contribution in [2.45, 2.75) is 32.0 Å². The van der Waals surface area contributed by atoms with E-state index in [9.17, 15) is 9.59 Å². The molecular formula is C24H33IN6O2. The molecule has 33 heavy (non-hydrogen) atoms. The molecule has 0 saturated carbocycles. The number of amides is 2. The number of nitrogens with zero attached hydrogens (tertiary/aromatic N) is 2. The second-order valence-electron chi connectivity index (χ2n) is 7.90. The van der Waals surface area contributed by atoms with Crippen LogP contribution in [0.1, 0.15) is 34.3 Å². The summed E-state index contributed by atoms with van der Waals surface area (Å²) >= 11 is 0. The molecule has 1 saturated heterocycles. The maximum atomic E-state index is 12.0. The summed E-state index contributed by atoms with van der Waals surface area (Å²) in [6, 6.07) is 18.3. The van der Waals surface area contributed by atoms with Crippen LogP contribution in [-0.4, -0.2) is 55.4 Å². The van der Waals surface area contributed by atoms with Gasteiger partial charge in [-0.3, -0.25) is 19.5 Å². The van der Waals surface area contributed by atoms with Crippen LogP contribution in [0, 0.1) is 0 Å². The van der Waals surface area contributed by atoms with Crippen LogP contribution >= 0.6 is 24.0 Å². The van der Waals surface area contributed by atoms with Gasteiger partial charge in [0.15, 0.2) is 5.96 Å². The lowest BCUT2D eigenvalue weighted by Crippen LogP contribution is -2.44. The number of aliphatic imine (C=N–C) groups is 1. The monoisotopic (exact) mass is 564 g/mol. The second-order valence-corrected chi connectivity index (χ2v) is 7.90. The number of hydrogen-bond acceptors (Lipinski definition) is 4. The highest BCUT2D eigenvalue weighted by Crippen LogP contribution is 2.19. The van der Waals surface area contributed by atoms with E-state index in [1.165, 1.54) is 18.4 Å². The summed E-state index contributed by atoms with van der Waals surface area (Å²) in [5.41, 5.74) is 7.89. The molecule has 8 nitrogen and oxygen atoms in total. The summed E-state index contributed by atoms with van der Waals surface area (Å²) < 4.78 is 0. The standard InChI is InChI=1S/C24H32N6O2.HI/c1-26-24(28-14-18-9-11-20(12-10-18)23(32)27-16-22(25)31)29-15-21-8-5-13-30(21)17-19-6-3-2-4-7-19;/h2-4,6-7,9-12,21H,5,8,13-17H2,1H3,(H2,25,31)(H,27,32)(H2,26,28,29);1H. The summed E-state index contributed by atoms with van der Waals surface area (Å²) in [6.07, 6.45) is 2.39. The lowest BCUT2D eigenvalue weighted by atomic mass is 10.1. The van der Waals surface area contributed by atoms with Crippen LogP contribution in [0.3, 0.4) is 0 Å². The van der Waals surface area contributed by atoms with Gasteiger partial charge in [0.2, 0.25) is 5.91 Å². The third kappa shape index (κ3) is 8.65. The topological polar surface area (TPSA) is 112 Å². The third-order valence-electron chi connectivity index (χ3n) is 5.56. The van der Waals surface area contributed by atoms with Crippen LogP contribution in [0.4, 0.5) is 0 Å². The second kappa shape index (κ2) is 13.8. The average molecular weight is 564 g/mol. The van der Waals surface area contributed by atoms with Gasteiger partial charge in [-0.15, -0.1) is 24.0 Å². The van der Waals surface area contributed by atoms with Gasteiger partial charge in [-0.05, 0) is 42.6 Å². The molecule has 0 aliphatic carbocycles. The van der Waals surface area contributed by atoms with Crippen molar-refractivity contribution in [3.63, 3.8) is 0 Å². The number of likely N-dealkylation sites (tertiary alicyclic amines) is 1. The van der Waals surface area contributed by atoms with E-state index in [0.717, 1.165) is 31.2 Å². The van der Waals surface area contributed by atoms with Gasteiger partial charge in [-0.2, -0.15) is 0 Å².